The zero-order valence-electron chi connectivity index (χ0n) is 18.6. The summed E-state index contributed by atoms with van der Waals surface area (Å²) < 4.78 is 67.2. The molecule has 2 heterocycles. The molecule has 11 heteroatoms. The molecule has 1 aliphatic heterocycles. The number of aromatic nitrogens is 1. The van der Waals surface area contributed by atoms with E-state index in [9.17, 15) is 26.4 Å². The van der Waals surface area contributed by atoms with Crippen LogP contribution in [0.15, 0.2) is 78.0 Å². The van der Waals surface area contributed by atoms with Crippen LogP contribution in [0.1, 0.15) is 22.8 Å². The van der Waals surface area contributed by atoms with Crippen molar-refractivity contribution >= 4 is 21.5 Å². The van der Waals surface area contributed by atoms with Crippen LogP contribution in [-0.2, 0) is 16.4 Å². The summed E-state index contributed by atoms with van der Waals surface area (Å²) in [5, 5.41) is 0. The van der Waals surface area contributed by atoms with Crippen molar-refractivity contribution in [3.05, 3.63) is 84.2 Å². The van der Waals surface area contributed by atoms with E-state index in [1.54, 1.807) is 42.6 Å². The van der Waals surface area contributed by atoms with E-state index < -0.39 is 26.2 Å². The maximum absolute atomic E-state index is 12.8. The summed E-state index contributed by atoms with van der Waals surface area (Å²) in [6.45, 7) is 3.47. The molecule has 1 aliphatic rings. The van der Waals surface area contributed by atoms with Gasteiger partial charge < -0.3 is 9.64 Å². The molecule has 7 nitrogen and oxygen atoms in total. The molecular weight excluding hydrogens is 483 g/mol. The quantitative estimate of drug-likeness (QED) is 0.463. The first-order valence-electron chi connectivity index (χ1n) is 10.7. The third-order valence-electron chi connectivity index (χ3n) is 5.73. The van der Waals surface area contributed by atoms with Crippen LogP contribution in [0.5, 0.6) is 5.75 Å². The van der Waals surface area contributed by atoms with Crippen molar-refractivity contribution in [1.82, 2.24) is 9.88 Å². The normalized spacial score (nSPS) is 16.9. The molecule has 2 aromatic carbocycles. The van der Waals surface area contributed by atoms with Gasteiger partial charge in [0, 0.05) is 36.6 Å². The number of carbonyl (C=O) groups excluding carboxylic acids is 1. The Labute approximate surface area is 200 Å². The predicted molar refractivity (Wildman–Crippen MR) is 123 cm³/mol. The van der Waals surface area contributed by atoms with Gasteiger partial charge >= 0.3 is 11.5 Å². The number of esters is 1. The first-order valence-corrected chi connectivity index (χ1v) is 12.1. The van der Waals surface area contributed by atoms with Crippen LogP contribution in [0, 0.1) is 0 Å². The summed E-state index contributed by atoms with van der Waals surface area (Å²) in [5.74, 6) is -0.154. The molecule has 184 valence electrons. The number of ether oxygens (including phenoxy) is 1. The van der Waals surface area contributed by atoms with Crippen LogP contribution in [0.3, 0.4) is 0 Å². The van der Waals surface area contributed by atoms with E-state index in [2.05, 4.69) is 9.88 Å². The molecule has 0 N–H and O–H groups in total. The minimum Gasteiger partial charge on any atom is -0.421 e. The molecule has 1 saturated heterocycles. The Morgan fingerprint density at radius 3 is 2.43 bits per heavy atom. The molecule has 0 amide bonds. The fraction of sp³-hybridized carbons (Fsp3) is 0.250. The number of carbonyl (C=O) groups is 1. The summed E-state index contributed by atoms with van der Waals surface area (Å²) >= 11 is 0. The largest absolute Gasteiger partial charge is 0.501 e. The average Bonchev–Trinajstić information content (AvgIpc) is 3.20. The van der Waals surface area contributed by atoms with Crippen LogP contribution in [0.4, 0.5) is 18.9 Å². The lowest BCUT2D eigenvalue weighted by molar-refractivity contribution is -0.0436. The van der Waals surface area contributed by atoms with Gasteiger partial charge in [-0.2, -0.15) is 13.2 Å². The monoisotopic (exact) mass is 505 g/mol. The summed E-state index contributed by atoms with van der Waals surface area (Å²) in [7, 11) is -5.39. The van der Waals surface area contributed by atoms with Crippen LogP contribution >= 0.6 is 0 Å². The van der Waals surface area contributed by atoms with Gasteiger partial charge in [0.05, 0.1) is 23.3 Å². The van der Waals surface area contributed by atoms with Gasteiger partial charge in [-0.1, -0.05) is 18.2 Å². The molecule has 1 atom stereocenters. The standard InChI is InChI=1S/C24H22F3N3O4S/c1-17-14-30(20-7-9-21(10-8-20)35(32,33)24(25,26)27)16-29(17)15-19-11-12-28-13-22(19)34-23(31)18-5-3-2-4-6-18/h2-13,17H,14-16H2,1H3. The molecule has 0 radical (unpaired) electrons. The maximum Gasteiger partial charge on any atom is 0.501 e. The fourth-order valence-electron chi connectivity index (χ4n) is 3.80. The minimum absolute atomic E-state index is 0.0689. The Kier molecular flexibility index (Phi) is 6.82. The number of hydrogen-bond donors (Lipinski definition) is 0. The third-order valence-corrected chi connectivity index (χ3v) is 7.24. The molecule has 0 bridgehead atoms. The number of sulfone groups is 1. The van der Waals surface area contributed by atoms with Gasteiger partial charge in [-0.25, -0.2) is 13.2 Å². The van der Waals surface area contributed by atoms with Gasteiger partial charge in [0.1, 0.15) is 0 Å². The summed E-state index contributed by atoms with van der Waals surface area (Å²) in [4.78, 5) is 19.8. The highest BCUT2D eigenvalue weighted by molar-refractivity contribution is 7.92. The number of pyridine rings is 1. The van der Waals surface area contributed by atoms with Crippen LogP contribution < -0.4 is 9.64 Å². The van der Waals surface area contributed by atoms with Crippen molar-refractivity contribution in [2.45, 2.75) is 29.9 Å². The summed E-state index contributed by atoms with van der Waals surface area (Å²) in [6, 6.07) is 15.1. The zero-order valence-corrected chi connectivity index (χ0v) is 19.5. The topological polar surface area (TPSA) is 79.8 Å². The van der Waals surface area contributed by atoms with Gasteiger partial charge in [-0.05, 0) is 49.4 Å². The number of benzene rings is 2. The molecule has 0 spiro atoms. The molecule has 3 aromatic rings. The van der Waals surface area contributed by atoms with Gasteiger partial charge in [-0.15, -0.1) is 0 Å². The van der Waals surface area contributed by atoms with Crippen LogP contribution in [0.2, 0.25) is 0 Å². The maximum atomic E-state index is 12.8. The number of hydrogen-bond acceptors (Lipinski definition) is 7. The molecule has 4 rings (SSSR count). The fourth-order valence-corrected chi connectivity index (χ4v) is 4.56. The van der Waals surface area contributed by atoms with Gasteiger partial charge in [0.15, 0.2) is 5.75 Å². The SMILES string of the molecule is CC1CN(c2ccc(S(=O)(=O)C(F)(F)F)cc2)CN1Cc1ccncc1OC(=O)c1ccccc1. The van der Waals surface area contributed by atoms with E-state index in [-0.39, 0.29) is 6.04 Å². The Morgan fingerprint density at radius 1 is 1.09 bits per heavy atom. The van der Waals surface area contributed by atoms with Gasteiger partial charge in [0.2, 0.25) is 0 Å². The first-order chi connectivity index (χ1) is 16.6. The van der Waals surface area contributed by atoms with Gasteiger partial charge in [0.25, 0.3) is 9.84 Å². The van der Waals surface area contributed by atoms with E-state index in [1.807, 2.05) is 11.8 Å². The van der Waals surface area contributed by atoms with Crippen LogP contribution in [0.25, 0.3) is 0 Å². The number of anilines is 1. The number of alkyl halides is 3. The molecule has 1 unspecified atom stereocenters. The highest BCUT2D eigenvalue weighted by Gasteiger charge is 2.46. The van der Waals surface area contributed by atoms with E-state index in [4.69, 9.17) is 4.74 Å². The number of nitrogens with zero attached hydrogens (tertiary/aromatic N) is 3. The molecule has 35 heavy (non-hydrogen) atoms. The second kappa shape index (κ2) is 9.67. The highest BCUT2D eigenvalue weighted by atomic mass is 32.2. The third kappa shape index (κ3) is 5.30. The molecule has 1 aromatic heterocycles. The summed E-state index contributed by atoms with van der Waals surface area (Å²) in [5.41, 5.74) is -3.57. The highest BCUT2D eigenvalue weighted by Crippen LogP contribution is 2.32. The zero-order chi connectivity index (χ0) is 25.2. The molecule has 1 fully saturated rings. The lowest BCUT2D eigenvalue weighted by Crippen LogP contribution is -2.28. The van der Waals surface area contributed by atoms with E-state index in [1.165, 1.54) is 18.3 Å². The van der Waals surface area contributed by atoms with E-state index in [0.717, 1.165) is 17.7 Å². The molecular formula is C24H22F3N3O4S. The molecule has 0 aliphatic carbocycles. The second-order valence-electron chi connectivity index (χ2n) is 8.14. The Bertz CT molecular complexity index is 1300. The van der Waals surface area contributed by atoms with Crippen molar-refractivity contribution in [3.8, 4) is 5.75 Å². The smallest absolute Gasteiger partial charge is 0.421 e. The van der Waals surface area contributed by atoms with Crippen LogP contribution in [-0.4, -0.2) is 49.0 Å². The average molecular weight is 506 g/mol. The van der Waals surface area contributed by atoms with E-state index >= 15 is 0 Å². The van der Waals surface area contributed by atoms with Gasteiger partial charge in [-0.3, -0.25) is 9.88 Å². The van der Waals surface area contributed by atoms with Crippen molar-refractivity contribution in [2.75, 3.05) is 18.1 Å². The Hall–Kier alpha value is -3.44. The number of rotatable bonds is 6. The van der Waals surface area contributed by atoms with Crippen molar-refractivity contribution < 1.29 is 31.1 Å². The van der Waals surface area contributed by atoms with Crippen molar-refractivity contribution in [2.24, 2.45) is 0 Å². The minimum atomic E-state index is -5.39. The Morgan fingerprint density at radius 2 is 1.77 bits per heavy atom. The Balaban J connectivity index is 1.46. The van der Waals surface area contributed by atoms with Crippen molar-refractivity contribution in [3.63, 3.8) is 0 Å². The predicted octanol–water partition coefficient (Wildman–Crippen LogP) is 4.26. The second-order valence-corrected chi connectivity index (χ2v) is 10.1. The summed E-state index contributed by atoms with van der Waals surface area (Å²) in [6.07, 6.45) is 3.09. The lowest BCUT2D eigenvalue weighted by atomic mass is 10.2. The van der Waals surface area contributed by atoms with Crippen molar-refractivity contribution in [1.29, 1.82) is 0 Å². The van der Waals surface area contributed by atoms with E-state index in [0.29, 0.717) is 36.8 Å². The lowest BCUT2D eigenvalue weighted by Gasteiger charge is -2.22. The number of halogens is 3. The molecule has 0 saturated carbocycles. The first kappa shape index (κ1) is 24.7.